The molecule has 1 atom stereocenters. The monoisotopic (exact) mass is 358 g/mol. The van der Waals surface area contributed by atoms with E-state index in [9.17, 15) is 4.79 Å². The maximum Gasteiger partial charge on any atom is 0.223 e. The van der Waals surface area contributed by atoms with Crippen LogP contribution < -0.4 is 4.74 Å². The number of benzene rings is 1. The first-order valence-corrected chi connectivity index (χ1v) is 9.01. The average Bonchev–Trinajstić information content (AvgIpc) is 2.98. The van der Waals surface area contributed by atoms with Crippen LogP contribution >= 0.6 is 0 Å². The summed E-state index contributed by atoms with van der Waals surface area (Å²) in [5, 5.41) is 3.95. The molecule has 0 aliphatic carbocycles. The molecule has 6 heteroatoms. The van der Waals surface area contributed by atoms with E-state index in [4.69, 9.17) is 14.0 Å². The number of carbonyl (C=O) groups is 1. The maximum atomic E-state index is 12.6. The average molecular weight is 358 g/mol. The highest BCUT2D eigenvalue weighted by Gasteiger charge is 2.25. The maximum absolute atomic E-state index is 12.6. The lowest BCUT2D eigenvalue weighted by molar-refractivity contribution is -0.138. The van der Waals surface area contributed by atoms with Crippen LogP contribution in [-0.2, 0) is 22.4 Å². The first-order chi connectivity index (χ1) is 12.6. The summed E-state index contributed by atoms with van der Waals surface area (Å²) in [4.78, 5) is 14.5. The Labute approximate surface area is 154 Å². The standard InChI is InChI=1S/C20H26N2O4/c1-14-19(15(2)26-21-14)7-8-20(23)22-9-10-25-18(13-22)12-16-5-4-6-17(11-16)24-3/h4-6,11,18H,7-10,12-13H2,1-3H3/t18-/m1/s1. The van der Waals surface area contributed by atoms with E-state index in [0.717, 1.165) is 34.8 Å². The van der Waals surface area contributed by atoms with Gasteiger partial charge in [0.05, 0.1) is 25.5 Å². The van der Waals surface area contributed by atoms with E-state index in [2.05, 4.69) is 11.2 Å². The van der Waals surface area contributed by atoms with E-state index in [1.54, 1.807) is 7.11 Å². The molecule has 1 fully saturated rings. The molecular weight excluding hydrogens is 332 g/mol. The summed E-state index contributed by atoms with van der Waals surface area (Å²) < 4.78 is 16.3. The number of ether oxygens (including phenoxy) is 2. The second-order valence-electron chi connectivity index (χ2n) is 6.69. The molecule has 0 unspecified atom stereocenters. The summed E-state index contributed by atoms with van der Waals surface area (Å²) in [5.41, 5.74) is 3.06. The zero-order valence-corrected chi connectivity index (χ0v) is 15.7. The third-order valence-corrected chi connectivity index (χ3v) is 4.86. The summed E-state index contributed by atoms with van der Waals surface area (Å²) in [6.45, 7) is 5.65. The Kier molecular flexibility index (Phi) is 5.93. The van der Waals surface area contributed by atoms with Gasteiger partial charge in [0.25, 0.3) is 0 Å². The molecule has 0 N–H and O–H groups in total. The SMILES string of the molecule is COc1cccc(C[C@@H]2CN(C(=O)CCc3c(C)noc3C)CCO2)c1. The van der Waals surface area contributed by atoms with Gasteiger partial charge in [-0.1, -0.05) is 17.3 Å². The Morgan fingerprint density at radius 1 is 1.38 bits per heavy atom. The minimum absolute atomic E-state index is 0.0128. The lowest BCUT2D eigenvalue weighted by atomic mass is 10.0. The molecular formula is C20H26N2O4. The number of methoxy groups -OCH3 is 1. The Hall–Kier alpha value is -2.34. The van der Waals surface area contributed by atoms with Crippen LogP contribution in [0.1, 0.15) is 29.0 Å². The molecule has 3 rings (SSSR count). The molecule has 1 aromatic heterocycles. The summed E-state index contributed by atoms with van der Waals surface area (Å²) in [6, 6.07) is 7.98. The van der Waals surface area contributed by atoms with Gasteiger partial charge in [-0.25, -0.2) is 0 Å². The van der Waals surface area contributed by atoms with Crippen molar-refractivity contribution in [2.75, 3.05) is 26.8 Å². The highest BCUT2D eigenvalue weighted by molar-refractivity contribution is 5.76. The van der Waals surface area contributed by atoms with E-state index >= 15 is 0 Å². The predicted molar refractivity (Wildman–Crippen MR) is 97.3 cm³/mol. The fourth-order valence-electron chi connectivity index (χ4n) is 3.38. The highest BCUT2D eigenvalue weighted by atomic mass is 16.5. The molecule has 0 radical (unpaired) electrons. The Morgan fingerprint density at radius 3 is 2.96 bits per heavy atom. The van der Waals surface area contributed by atoms with Crippen molar-refractivity contribution < 1.29 is 18.8 Å². The molecule has 1 aliphatic rings. The normalized spacial score (nSPS) is 17.3. The van der Waals surface area contributed by atoms with Crippen LogP contribution in [0, 0.1) is 13.8 Å². The number of rotatable bonds is 6. The van der Waals surface area contributed by atoms with E-state index < -0.39 is 0 Å². The minimum Gasteiger partial charge on any atom is -0.497 e. The van der Waals surface area contributed by atoms with Crippen molar-refractivity contribution in [3.8, 4) is 5.75 Å². The van der Waals surface area contributed by atoms with Crippen molar-refractivity contribution >= 4 is 5.91 Å². The van der Waals surface area contributed by atoms with Gasteiger partial charge in [-0.05, 0) is 38.0 Å². The number of amides is 1. The lowest BCUT2D eigenvalue weighted by Gasteiger charge is -2.33. The molecule has 0 bridgehead atoms. The molecule has 26 heavy (non-hydrogen) atoms. The molecule has 0 saturated carbocycles. The van der Waals surface area contributed by atoms with Gasteiger partial charge in [0, 0.05) is 31.5 Å². The first-order valence-electron chi connectivity index (χ1n) is 9.01. The van der Waals surface area contributed by atoms with Gasteiger partial charge >= 0.3 is 0 Å². The minimum atomic E-state index is 0.0128. The Morgan fingerprint density at radius 2 is 2.23 bits per heavy atom. The van der Waals surface area contributed by atoms with Crippen LogP contribution in [0.25, 0.3) is 0 Å². The van der Waals surface area contributed by atoms with E-state index in [0.29, 0.717) is 32.5 Å². The summed E-state index contributed by atoms with van der Waals surface area (Å²) >= 11 is 0. The summed E-state index contributed by atoms with van der Waals surface area (Å²) in [5.74, 6) is 1.79. The van der Waals surface area contributed by atoms with Gasteiger partial charge in [0.2, 0.25) is 5.91 Å². The predicted octanol–water partition coefficient (Wildman–Crippen LogP) is 2.70. The van der Waals surface area contributed by atoms with Crippen LogP contribution in [0.5, 0.6) is 5.75 Å². The second kappa shape index (κ2) is 8.36. The van der Waals surface area contributed by atoms with Gasteiger partial charge in [-0.2, -0.15) is 0 Å². The Balaban J connectivity index is 1.54. The van der Waals surface area contributed by atoms with E-state index in [1.165, 1.54) is 0 Å². The van der Waals surface area contributed by atoms with Crippen molar-refractivity contribution in [3.63, 3.8) is 0 Å². The molecule has 1 amide bonds. The van der Waals surface area contributed by atoms with Gasteiger partial charge in [0.15, 0.2) is 0 Å². The van der Waals surface area contributed by atoms with Crippen LogP contribution in [0.2, 0.25) is 0 Å². The van der Waals surface area contributed by atoms with Crippen LogP contribution in [0.3, 0.4) is 0 Å². The first kappa shape index (κ1) is 18.5. The van der Waals surface area contributed by atoms with Crippen LogP contribution in [0.4, 0.5) is 0 Å². The number of morpholine rings is 1. The van der Waals surface area contributed by atoms with Crippen LogP contribution in [0.15, 0.2) is 28.8 Å². The topological polar surface area (TPSA) is 64.8 Å². The van der Waals surface area contributed by atoms with Crippen LogP contribution in [-0.4, -0.2) is 48.9 Å². The molecule has 2 aromatic rings. The molecule has 1 aromatic carbocycles. The lowest BCUT2D eigenvalue weighted by Crippen LogP contribution is -2.46. The smallest absolute Gasteiger partial charge is 0.223 e. The number of hydrogen-bond acceptors (Lipinski definition) is 5. The number of carbonyl (C=O) groups excluding carboxylic acids is 1. The molecule has 0 spiro atoms. The second-order valence-corrected chi connectivity index (χ2v) is 6.69. The van der Waals surface area contributed by atoms with E-state index in [1.807, 2.05) is 36.9 Å². The fraction of sp³-hybridized carbons (Fsp3) is 0.500. The van der Waals surface area contributed by atoms with Gasteiger partial charge in [-0.15, -0.1) is 0 Å². The molecule has 6 nitrogen and oxygen atoms in total. The van der Waals surface area contributed by atoms with Crippen molar-refractivity contribution in [2.24, 2.45) is 0 Å². The number of nitrogens with zero attached hydrogens (tertiary/aromatic N) is 2. The number of hydrogen-bond donors (Lipinski definition) is 0. The van der Waals surface area contributed by atoms with Crippen molar-refractivity contribution in [3.05, 3.63) is 46.8 Å². The molecule has 1 aliphatic heterocycles. The quantitative estimate of drug-likeness (QED) is 0.794. The Bertz CT molecular complexity index is 737. The molecule has 140 valence electrons. The number of aromatic nitrogens is 1. The zero-order valence-electron chi connectivity index (χ0n) is 15.7. The van der Waals surface area contributed by atoms with Gasteiger partial charge in [0.1, 0.15) is 11.5 Å². The molecule has 1 saturated heterocycles. The van der Waals surface area contributed by atoms with Crippen molar-refractivity contribution in [1.82, 2.24) is 10.1 Å². The zero-order chi connectivity index (χ0) is 18.5. The third kappa shape index (κ3) is 4.43. The largest absolute Gasteiger partial charge is 0.497 e. The van der Waals surface area contributed by atoms with E-state index in [-0.39, 0.29) is 12.0 Å². The third-order valence-electron chi connectivity index (χ3n) is 4.86. The highest BCUT2D eigenvalue weighted by Crippen LogP contribution is 2.19. The van der Waals surface area contributed by atoms with Gasteiger partial charge in [-0.3, -0.25) is 4.79 Å². The number of aryl methyl sites for hydroxylation is 2. The summed E-state index contributed by atoms with van der Waals surface area (Å²) in [6.07, 6.45) is 1.91. The van der Waals surface area contributed by atoms with Crippen molar-refractivity contribution in [1.29, 1.82) is 0 Å². The van der Waals surface area contributed by atoms with Crippen molar-refractivity contribution in [2.45, 2.75) is 39.2 Å². The molecule has 2 heterocycles. The fourth-order valence-corrected chi connectivity index (χ4v) is 3.38. The summed E-state index contributed by atoms with van der Waals surface area (Å²) in [7, 11) is 1.66. The van der Waals surface area contributed by atoms with Gasteiger partial charge < -0.3 is 18.9 Å².